The molecular formula is C12H16O3. The van der Waals surface area contributed by atoms with Gasteiger partial charge < -0.3 is 10.2 Å². The van der Waals surface area contributed by atoms with Crippen molar-refractivity contribution in [1.29, 1.82) is 0 Å². The van der Waals surface area contributed by atoms with Gasteiger partial charge in [0.15, 0.2) is 0 Å². The Morgan fingerprint density at radius 3 is 2.40 bits per heavy atom. The maximum Gasteiger partial charge on any atom is 0.309 e. The number of hydrogen-bond acceptors (Lipinski definition) is 2. The topological polar surface area (TPSA) is 57.5 Å². The molecule has 1 rings (SSSR count). The number of carboxylic acids is 1. The van der Waals surface area contributed by atoms with Crippen LogP contribution in [-0.4, -0.2) is 16.2 Å². The van der Waals surface area contributed by atoms with Gasteiger partial charge in [0.05, 0.1) is 12.0 Å². The Balaban J connectivity index is 2.81. The Kier molecular flexibility index (Phi) is 4.31. The van der Waals surface area contributed by atoms with Crippen LogP contribution in [0.25, 0.3) is 0 Å². The van der Waals surface area contributed by atoms with E-state index in [2.05, 4.69) is 0 Å². The molecule has 1 aromatic rings. The Labute approximate surface area is 89.4 Å². The summed E-state index contributed by atoms with van der Waals surface area (Å²) < 4.78 is 0. The first-order chi connectivity index (χ1) is 7.16. The highest BCUT2D eigenvalue weighted by Crippen LogP contribution is 2.25. The molecule has 1 aromatic carbocycles. The standard InChI is InChI=1S/C12H16O3/c1-2-6-10(12(14)15)11(13)9-7-4-3-5-8-9/h3-5,7-8,10-11,13H,2,6H2,1H3,(H,14,15). The Morgan fingerprint density at radius 2 is 1.93 bits per heavy atom. The second-order valence-corrected chi connectivity index (χ2v) is 3.59. The van der Waals surface area contributed by atoms with E-state index in [0.717, 1.165) is 6.42 Å². The van der Waals surface area contributed by atoms with E-state index in [9.17, 15) is 9.90 Å². The SMILES string of the molecule is CCCC(C(=O)O)C(O)c1ccccc1. The number of hydrogen-bond donors (Lipinski definition) is 2. The lowest BCUT2D eigenvalue weighted by atomic mass is 9.92. The van der Waals surface area contributed by atoms with Crippen LogP contribution in [0.2, 0.25) is 0 Å². The third-order valence-corrected chi connectivity index (χ3v) is 2.44. The molecule has 0 saturated heterocycles. The lowest BCUT2D eigenvalue weighted by molar-refractivity contribution is -0.146. The summed E-state index contributed by atoms with van der Waals surface area (Å²) in [4.78, 5) is 10.9. The molecule has 3 nitrogen and oxygen atoms in total. The molecule has 0 aliphatic rings. The van der Waals surface area contributed by atoms with Crippen LogP contribution in [0.5, 0.6) is 0 Å². The number of carbonyl (C=O) groups is 1. The van der Waals surface area contributed by atoms with Gasteiger partial charge in [-0.1, -0.05) is 43.7 Å². The molecule has 0 aliphatic heterocycles. The number of carboxylic acid groups (broad SMARTS) is 1. The minimum atomic E-state index is -0.937. The minimum absolute atomic E-state index is 0.491. The van der Waals surface area contributed by atoms with Crippen molar-refractivity contribution in [2.24, 2.45) is 5.92 Å². The molecule has 0 saturated carbocycles. The third-order valence-electron chi connectivity index (χ3n) is 2.44. The number of benzene rings is 1. The van der Waals surface area contributed by atoms with Gasteiger partial charge in [0.2, 0.25) is 0 Å². The highest BCUT2D eigenvalue weighted by Gasteiger charge is 2.26. The fourth-order valence-electron chi connectivity index (χ4n) is 1.61. The lowest BCUT2D eigenvalue weighted by Gasteiger charge is -2.18. The summed E-state index contributed by atoms with van der Waals surface area (Å²) >= 11 is 0. The van der Waals surface area contributed by atoms with E-state index in [0.29, 0.717) is 12.0 Å². The smallest absolute Gasteiger partial charge is 0.309 e. The van der Waals surface area contributed by atoms with E-state index < -0.39 is 18.0 Å². The predicted octanol–water partition coefficient (Wildman–Crippen LogP) is 2.22. The second-order valence-electron chi connectivity index (χ2n) is 3.59. The quantitative estimate of drug-likeness (QED) is 0.780. The van der Waals surface area contributed by atoms with E-state index in [1.54, 1.807) is 24.3 Å². The summed E-state index contributed by atoms with van der Waals surface area (Å²) in [6, 6.07) is 8.92. The number of rotatable bonds is 5. The van der Waals surface area contributed by atoms with Crippen LogP contribution in [0.1, 0.15) is 31.4 Å². The molecule has 0 spiro atoms. The van der Waals surface area contributed by atoms with Gasteiger partial charge in [-0.2, -0.15) is 0 Å². The monoisotopic (exact) mass is 208 g/mol. The molecule has 15 heavy (non-hydrogen) atoms. The molecule has 82 valence electrons. The Morgan fingerprint density at radius 1 is 1.33 bits per heavy atom. The van der Waals surface area contributed by atoms with Crippen LogP contribution < -0.4 is 0 Å². The van der Waals surface area contributed by atoms with Crippen molar-refractivity contribution in [3.63, 3.8) is 0 Å². The summed E-state index contributed by atoms with van der Waals surface area (Å²) in [6.45, 7) is 1.91. The van der Waals surface area contributed by atoms with E-state index in [4.69, 9.17) is 5.11 Å². The van der Waals surface area contributed by atoms with Crippen LogP contribution in [0.15, 0.2) is 30.3 Å². The lowest BCUT2D eigenvalue weighted by Crippen LogP contribution is -2.21. The van der Waals surface area contributed by atoms with Gasteiger partial charge in [-0.15, -0.1) is 0 Å². The third kappa shape index (κ3) is 3.06. The molecule has 0 aliphatic carbocycles. The van der Waals surface area contributed by atoms with Crippen LogP contribution in [0, 0.1) is 5.92 Å². The summed E-state index contributed by atoms with van der Waals surface area (Å²) in [5.41, 5.74) is 0.665. The zero-order chi connectivity index (χ0) is 11.3. The fourth-order valence-corrected chi connectivity index (χ4v) is 1.61. The van der Waals surface area contributed by atoms with E-state index in [-0.39, 0.29) is 0 Å². The predicted molar refractivity (Wildman–Crippen MR) is 57.4 cm³/mol. The van der Waals surface area contributed by atoms with Crippen LogP contribution in [0.4, 0.5) is 0 Å². The number of aliphatic hydroxyl groups is 1. The maximum absolute atomic E-state index is 10.9. The van der Waals surface area contributed by atoms with Gasteiger partial charge in [0, 0.05) is 0 Å². The molecule has 2 N–H and O–H groups in total. The zero-order valence-corrected chi connectivity index (χ0v) is 8.76. The molecule has 0 heterocycles. The average molecular weight is 208 g/mol. The summed E-state index contributed by atoms with van der Waals surface area (Å²) in [7, 11) is 0. The van der Waals surface area contributed by atoms with Crippen molar-refractivity contribution in [3.8, 4) is 0 Å². The van der Waals surface area contributed by atoms with Gasteiger partial charge in [-0.05, 0) is 12.0 Å². The highest BCUT2D eigenvalue weighted by molar-refractivity contribution is 5.71. The fraction of sp³-hybridized carbons (Fsp3) is 0.417. The molecular weight excluding hydrogens is 192 g/mol. The van der Waals surface area contributed by atoms with Crippen molar-refractivity contribution < 1.29 is 15.0 Å². The van der Waals surface area contributed by atoms with Gasteiger partial charge in [-0.3, -0.25) is 4.79 Å². The molecule has 0 aromatic heterocycles. The first-order valence-corrected chi connectivity index (χ1v) is 5.12. The van der Waals surface area contributed by atoms with E-state index >= 15 is 0 Å². The van der Waals surface area contributed by atoms with Crippen LogP contribution >= 0.6 is 0 Å². The Hall–Kier alpha value is -1.35. The highest BCUT2D eigenvalue weighted by atomic mass is 16.4. The van der Waals surface area contributed by atoms with Crippen molar-refractivity contribution >= 4 is 5.97 Å². The molecule has 2 atom stereocenters. The summed E-state index contributed by atoms with van der Waals surface area (Å²) in [5, 5.41) is 18.9. The average Bonchev–Trinajstić information content (AvgIpc) is 2.26. The Bertz CT molecular complexity index is 308. The zero-order valence-electron chi connectivity index (χ0n) is 8.76. The summed E-state index contributed by atoms with van der Waals surface area (Å²) in [5.74, 6) is -1.65. The largest absolute Gasteiger partial charge is 0.481 e. The maximum atomic E-state index is 10.9. The van der Waals surface area contributed by atoms with Gasteiger partial charge in [-0.25, -0.2) is 0 Å². The second kappa shape index (κ2) is 5.51. The summed E-state index contributed by atoms with van der Waals surface area (Å²) in [6.07, 6.45) is 0.329. The normalized spacial score (nSPS) is 14.5. The molecule has 3 heteroatoms. The van der Waals surface area contributed by atoms with E-state index in [1.807, 2.05) is 13.0 Å². The molecule has 0 fully saturated rings. The van der Waals surface area contributed by atoms with Gasteiger partial charge in [0.1, 0.15) is 0 Å². The van der Waals surface area contributed by atoms with Crippen molar-refractivity contribution in [2.75, 3.05) is 0 Å². The molecule has 2 unspecified atom stereocenters. The number of aliphatic carboxylic acids is 1. The van der Waals surface area contributed by atoms with Crippen LogP contribution in [-0.2, 0) is 4.79 Å². The minimum Gasteiger partial charge on any atom is -0.481 e. The molecule has 0 bridgehead atoms. The van der Waals surface area contributed by atoms with Crippen molar-refractivity contribution in [3.05, 3.63) is 35.9 Å². The van der Waals surface area contributed by atoms with Crippen LogP contribution in [0.3, 0.4) is 0 Å². The first-order valence-electron chi connectivity index (χ1n) is 5.12. The van der Waals surface area contributed by atoms with Crippen molar-refractivity contribution in [2.45, 2.75) is 25.9 Å². The van der Waals surface area contributed by atoms with Gasteiger partial charge >= 0.3 is 5.97 Å². The number of aliphatic hydroxyl groups excluding tert-OH is 1. The molecule has 0 amide bonds. The van der Waals surface area contributed by atoms with Crippen molar-refractivity contribution in [1.82, 2.24) is 0 Å². The van der Waals surface area contributed by atoms with E-state index in [1.165, 1.54) is 0 Å². The van der Waals surface area contributed by atoms with Gasteiger partial charge in [0.25, 0.3) is 0 Å². The molecule has 0 radical (unpaired) electrons. The first kappa shape index (κ1) is 11.7.